The Morgan fingerprint density at radius 3 is 2.65 bits per heavy atom. The summed E-state index contributed by atoms with van der Waals surface area (Å²) in [7, 11) is 1.59. The second kappa shape index (κ2) is 11.7. The van der Waals surface area contributed by atoms with Crippen LogP contribution in [-0.4, -0.2) is 69.9 Å². The van der Waals surface area contributed by atoms with E-state index in [0.717, 1.165) is 4.88 Å². The lowest BCUT2D eigenvalue weighted by Crippen LogP contribution is -2.43. The summed E-state index contributed by atoms with van der Waals surface area (Å²) in [6, 6.07) is 9.44. The van der Waals surface area contributed by atoms with Crippen molar-refractivity contribution in [2.24, 2.45) is 0 Å². The van der Waals surface area contributed by atoms with Gasteiger partial charge in [0.05, 0.1) is 32.8 Å². The molecular formula is C22H28N2O6S. The summed E-state index contributed by atoms with van der Waals surface area (Å²) in [6.07, 6.45) is 0. The van der Waals surface area contributed by atoms with E-state index in [2.05, 4.69) is 0 Å². The first-order valence-electron chi connectivity index (χ1n) is 10.2. The van der Waals surface area contributed by atoms with Gasteiger partial charge in [-0.25, -0.2) is 0 Å². The Bertz CT molecular complexity index is 858. The van der Waals surface area contributed by atoms with Crippen molar-refractivity contribution in [2.75, 3.05) is 58.1 Å². The van der Waals surface area contributed by atoms with E-state index in [-0.39, 0.29) is 25.0 Å². The molecule has 0 spiro atoms. The van der Waals surface area contributed by atoms with E-state index in [4.69, 9.17) is 18.9 Å². The van der Waals surface area contributed by atoms with Crippen LogP contribution < -0.4 is 14.4 Å². The number of methoxy groups -OCH3 is 1. The average molecular weight is 449 g/mol. The number of esters is 1. The molecule has 0 unspecified atom stereocenters. The van der Waals surface area contributed by atoms with Crippen molar-refractivity contribution in [1.82, 2.24) is 4.90 Å². The van der Waals surface area contributed by atoms with Gasteiger partial charge in [0.25, 0.3) is 0 Å². The van der Waals surface area contributed by atoms with Crippen LogP contribution in [0.3, 0.4) is 0 Å². The highest BCUT2D eigenvalue weighted by Crippen LogP contribution is 2.34. The number of rotatable bonds is 11. The Morgan fingerprint density at radius 1 is 1.13 bits per heavy atom. The monoisotopic (exact) mass is 448 g/mol. The largest absolute Gasteiger partial charge is 0.486 e. The van der Waals surface area contributed by atoms with E-state index in [1.54, 1.807) is 35.2 Å². The molecule has 8 nitrogen and oxygen atoms in total. The minimum absolute atomic E-state index is 0.0247. The van der Waals surface area contributed by atoms with Gasteiger partial charge in [-0.2, -0.15) is 0 Å². The van der Waals surface area contributed by atoms with Crippen LogP contribution in [0.1, 0.15) is 11.8 Å². The molecule has 0 fully saturated rings. The molecule has 31 heavy (non-hydrogen) atoms. The van der Waals surface area contributed by atoms with Crippen molar-refractivity contribution in [3.63, 3.8) is 0 Å². The van der Waals surface area contributed by atoms with Crippen LogP contribution in [0.4, 0.5) is 5.69 Å². The molecule has 0 saturated heterocycles. The number of hydrogen-bond donors (Lipinski definition) is 0. The van der Waals surface area contributed by atoms with Crippen LogP contribution in [0.2, 0.25) is 0 Å². The highest BCUT2D eigenvalue weighted by molar-refractivity contribution is 7.09. The van der Waals surface area contributed by atoms with Crippen LogP contribution in [0.15, 0.2) is 35.7 Å². The summed E-state index contributed by atoms with van der Waals surface area (Å²) in [5, 5.41) is 1.98. The Balaban J connectivity index is 1.80. The molecule has 0 saturated carbocycles. The van der Waals surface area contributed by atoms with Crippen molar-refractivity contribution in [3.05, 3.63) is 40.6 Å². The number of anilines is 1. The van der Waals surface area contributed by atoms with Crippen molar-refractivity contribution >= 4 is 28.9 Å². The summed E-state index contributed by atoms with van der Waals surface area (Å²) in [5.74, 6) is 0.791. The van der Waals surface area contributed by atoms with Gasteiger partial charge in [-0.3, -0.25) is 14.5 Å². The number of hydrogen-bond acceptors (Lipinski definition) is 8. The SMILES string of the molecule is CCOC(=O)CN(CCOC)CC(=O)N(Cc1cccs1)c1ccc2c(c1)OCCO2. The predicted molar refractivity (Wildman–Crippen MR) is 118 cm³/mol. The molecule has 0 N–H and O–H groups in total. The number of ether oxygens (including phenoxy) is 4. The third-order valence-electron chi connectivity index (χ3n) is 4.66. The molecule has 0 radical (unpaired) electrons. The maximum Gasteiger partial charge on any atom is 0.320 e. The van der Waals surface area contributed by atoms with Gasteiger partial charge in [0.15, 0.2) is 11.5 Å². The van der Waals surface area contributed by atoms with Gasteiger partial charge in [0.2, 0.25) is 5.91 Å². The smallest absolute Gasteiger partial charge is 0.320 e. The van der Waals surface area contributed by atoms with Crippen LogP contribution in [0.25, 0.3) is 0 Å². The normalized spacial score (nSPS) is 12.6. The van der Waals surface area contributed by atoms with E-state index in [1.807, 2.05) is 35.7 Å². The molecule has 1 amide bonds. The first-order valence-corrected chi connectivity index (χ1v) is 11.1. The van der Waals surface area contributed by atoms with Gasteiger partial charge >= 0.3 is 5.97 Å². The van der Waals surface area contributed by atoms with Crippen molar-refractivity contribution in [2.45, 2.75) is 13.5 Å². The van der Waals surface area contributed by atoms with E-state index < -0.39 is 0 Å². The zero-order valence-corrected chi connectivity index (χ0v) is 18.7. The number of amides is 1. The summed E-state index contributed by atoms with van der Waals surface area (Å²) < 4.78 is 21.5. The van der Waals surface area contributed by atoms with Crippen molar-refractivity contribution in [3.8, 4) is 11.5 Å². The van der Waals surface area contributed by atoms with Gasteiger partial charge in [0.1, 0.15) is 13.2 Å². The molecule has 1 aliphatic rings. The summed E-state index contributed by atoms with van der Waals surface area (Å²) >= 11 is 1.58. The molecule has 168 valence electrons. The summed E-state index contributed by atoms with van der Waals surface area (Å²) in [4.78, 5) is 29.9. The molecule has 1 aliphatic heterocycles. The van der Waals surface area contributed by atoms with Crippen LogP contribution in [-0.2, 0) is 25.6 Å². The molecule has 9 heteroatoms. The summed E-state index contributed by atoms with van der Waals surface area (Å²) in [5.41, 5.74) is 0.713. The number of benzene rings is 1. The third-order valence-corrected chi connectivity index (χ3v) is 5.52. The second-order valence-electron chi connectivity index (χ2n) is 6.90. The highest BCUT2D eigenvalue weighted by atomic mass is 32.1. The second-order valence-corrected chi connectivity index (χ2v) is 7.93. The lowest BCUT2D eigenvalue weighted by Gasteiger charge is -2.28. The average Bonchev–Trinajstić information content (AvgIpc) is 3.29. The first kappa shape index (κ1) is 23.1. The zero-order chi connectivity index (χ0) is 22.1. The number of carbonyl (C=O) groups is 2. The Morgan fingerprint density at radius 2 is 1.94 bits per heavy atom. The standard InChI is InChI=1S/C22H28N2O6S/c1-3-28-22(26)16-23(8-9-27-2)15-21(25)24(14-18-5-4-12-31-18)17-6-7-19-20(13-17)30-11-10-29-19/h4-7,12-13H,3,8-11,14-16H2,1-2H3. The van der Waals surface area contributed by atoms with E-state index in [1.165, 1.54) is 0 Å². The molecule has 3 rings (SSSR count). The molecule has 0 bridgehead atoms. The Labute approximate surface area is 186 Å². The van der Waals surface area contributed by atoms with Gasteiger partial charge in [-0.1, -0.05) is 6.07 Å². The fraction of sp³-hybridized carbons (Fsp3) is 0.455. The number of thiophene rings is 1. The van der Waals surface area contributed by atoms with Gasteiger partial charge < -0.3 is 23.8 Å². The quantitative estimate of drug-likeness (QED) is 0.489. The van der Waals surface area contributed by atoms with Crippen molar-refractivity contribution < 1.29 is 28.5 Å². The molecule has 1 aromatic carbocycles. The number of fused-ring (bicyclic) bond motifs is 1. The van der Waals surface area contributed by atoms with Crippen LogP contribution >= 0.6 is 11.3 Å². The Kier molecular flexibility index (Phi) is 8.69. The minimum atomic E-state index is -0.365. The molecule has 1 aromatic heterocycles. The minimum Gasteiger partial charge on any atom is -0.486 e. The van der Waals surface area contributed by atoms with Crippen LogP contribution in [0, 0.1) is 0 Å². The number of carbonyl (C=O) groups excluding carboxylic acids is 2. The summed E-state index contributed by atoms with van der Waals surface area (Å²) in [6.45, 7) is 4.38. The first-order chi connectivity index (χ1) is 15.1. The number of nitrogens with zero attached hydrogens (tertiary/aromatic N) is 2. The maximum atomic E-state index is 13.4. The predicted octanol–water partition coefficient (Wildman–Crippen LogP) is 2.56. The van der Waals surface area contributed by atoms with Gasteiger partial charge in [-0.05, 0) is 30.5 Å². The molecule has 0 atom stereocenters. The van der Waals surface area contributed by atoms with Crippen LogP contribution in [0.5, 0.6) is 11.5 Å². The van der Waals surface area contributed by atoms with Crippen molar-refractivity contribution in [1.29, 1.82) is 0 Å². The fourth-order valence-electron chi connectivity index (χ4n) is 3.18. The topological polar surface area (TPSA) is 77.5 Å². The molecule has 2 heterocycles. The fourth-order valence-corrected chi connectivity index (χ4v) is 3.87. The lowest BCUT2D eigenvalue weighted by atomic mass is 10.2. The zero-order valence-electron chi connectivity index (χ0n) is 17.9. The molecular weight excluding hydrogens is 420 g/mol. The Hall–Kier alpha value is -2.62. The highest BCUT2D eigenvalue weighted by Gasteiger charge is 2.23. The van der Waals surface area contributed by atoms with Gasteiger partial charge in [0, 0.05) is 30.3 Å². The molecule has 0 aliphatic carbocycles. The third kappa shape index (κ3) is 6.68. The van der Waals surface area contributed by atoms with Gasteiger partial charge in [-0.15, -0.1) is 11.3 Å². The lowest BCUT2D eigenvalue weighted by molar-refractivity contribution is -0.144. The van der Waals surface area contributed by atoms with E-state index in [0.29, 0.717) is 56.7 Å². The van der Waals surface area contributed by atoms with E-state index in [9.17, 15) is 9.59 Å². The van der Waals surface area contributed by atoms with E-state index >= 15 is 0 Å². The molecule has 2 aromatic rings. The maximum absolute atomic E-state index is 13.4.